The molecule has 2 N–H and O–H groups in total. The summed E-state index contributed by atoms with van der Waals surface area (Å²) in [6, 6.07) is 5.84. The molecule has 0 heterocycles. The molecule has 0 spiro atoms. The van der Waals surface area contributed by atoms with Gasteiger partial charge in [0.05, 0.1) is 12.2 Å². The third-order valence-electron chi connectivity index (χ3n) is 6.76. The van der Waals surface area contributed by atoms with E-state index in [0.717, 1.165) is 19.3 Å². The van der Waals surface area contributed by atoms with E-state index in [0.29, 0.717) is 23.5 Å². The Morgan fingerprint density at radius 1 is 1.32 bits per heavy atom. The molecule has 120 valence electrons. The van der Waals surface area contributed by atoms with E-state index in [2.05, 4.69) is 13.0 Å². The average molecular weight is 302 g/mol. The molecule has 1 aromatic rings. The lowest BCUT2D eigenvalue weighted by molar-refractivity contribution is -0.0463. The molecule has 3 nitrogen and oxygen atoms in total. The Hall–Kier alpha value is -1.06. The normalized spacial score (nSPS) is 43.3. The summed E-state index contributed by atoms with van der Waals surface area (Å²) < 4.78 is 5.88. The fraction of sp³-hybridized carbons (Fsp3) is 0.684. The van der Waals surface area contributed by atoms with E-state index < -0.39 is 0 Å². The molecule has 3 aliphatic rings. The van der Waals surface area contributed by atoms with Crippen molar-refractivity contribution in [3.8, 4) is 5.75 Å². The molecule has 6 atom stereocenters. The number of hydrogen-bond acceptors (Lipinski definition) is 3. The van der Waals surface area contributed by atoms with Crippen molar-refractivity contribution in [2.75, 3.05) is 7.11 Å². The molecule has 0 unspecified atom stereocenters. The standard InChI is InChI=1S/C19H26O3/c1-19-6-5-15-14-4-3-12(20)7-11(14)8-17(22-2)18(15)16(19)9-13(21)10-19/h3-4,7,13,15-18,20-21H,5-6,8-10H2,1-2H3/t13-,15-,16+,17-,18-,19-/m1/s1. The van der Waals surface area contributed by atoms with E-state index in [9.17, 15) is 10.2 Å². The molecule has 0 aromatic heterocycles. The number of ether oxygens (including phenoxy) is 1. The van der Waals surface area contributed by atoms with E-state index in [1.54, 1.807) is 0 Å². The number of methoxy groups -OCH3 is 1. The van der Waals surface area contributed by atoms with Crippen molar-refractivity contribution in [3.05, 3.63) is 29.3 Å². The molecular weight excluding hydrogens is 276 g/mol. The molecule has 1 aromatic carbocycles. The van der Waals surface area contributed by atoms with Crippen molar-refractivity contribution >= 4 is 0 Å². The first-order valence-corrected chi connectivity index (χ1v) is 8.54. The minimum Gasteiger partial charge on any atom is -0.508 e. The minimum absolute atomic E-state index is 0.146. The second kappa shape index (κ2) is 4.97. The maximum atomic E-state index is 10.2. The van der Waals surface area contributed by atoms with Gasteiger partial charge in [0.2, 0.25) is 0 Å². The molecule has 4 rings (SSSR count). The largest absolute Gasteiger partial charge is 0.508 e. The zero-order valence-electron chi connectivity index (χ0n) is 13.5. The topological polar surface area (TPSA) is 49.7 Å². The van der Waals surface area contributed by atoms with Crippen LogP contribution in [0.3, 0.4) is 0 Å². The van der Waals surface area contributed by atoms with Crippen LogP contribution in [0.5, 0.6) is 5.75 Å². The predicted molar refractivity (Wildman–Crippen MR) is 84.9 cm³/mol. The summed E-state index contributed by atoms with van der Waals surface area (Å²) in [7, 11) is 1.81. The van der Waals surface area contributed by atoms with Gasteiger partial charge in [-0.1, -0.05) is 13.0 Å². The Kier molecular flexibility index (Phi) is 3.28. The number of phenolic OH excluding ortho intramolecular Hbond substituents is 1. The number of hydrogen-bond donors (Lipinski definition) is 2. The fourth-order valence-corrected chi connectivity index (χ4v) is 5.82. The number of rotatable bonds is 1. The Morgan fingerprint density at radius 2 is 2.14 bits per heavy atom. The van der Waals surface area contributed by atoms with Gasteiger partial charge >= 0.3 is 0 Å². The number of aliphatic hydroxyl groups is 1. The van der Waals surface area contributed by atoms with Gasteiger partial charge in [-0.2, -0.15) is 0 Å². The monoisotopic (exact) mass is 302 g/mol. The SMILES string of the molecule is CO[C@@H]1Cc2cc(O)ccc2[C@H]2CC[C@]3(C)C[C@H](O)C[C@H]3[C@@H]21. The highest BCUT2D eigenvalue weighted by Gasteiger charge is 2.55. The van der Waals surface area contributed by atoms with E-state index in [-0.39, 0.29) is 17.6 Å². The predicted octanol–water partition coefficient (Wildman–Crippen LogP) is 3.23. The van der Waals surface area contributed by atoms with Crippen LogP contribution in [0.25, 0.3) is 0 Å². The molecule has 0 radical (unpaired) electrons. The number of benzene rings is 1. The Balaban J connectivity index is 1.77. The zero-order valence-corrected chi connectivity index (χ0v) is 13.5. The Morgan fingerprint density at radius 3 is 2.91 bits per heavy atom. The molecule has 3 heteroatoms. The molecule has 2 saturated carbocycles. The molecular formula is C19H26O3. The van der Waals surface area contributed by atoms with Gasteiger partial charge in [0.25, 0.3) is 0 Å². The number of fused-ring (bicyclic) bond motifs is 5. The van der Waals surface area contributed by atoms with E-state index in [1.165, 1.54) is 24.0 Å². The number of aliphatic hydroxyl groups excluding tert-OH is 1. The van der Waals surface area contributed by atoms with Gasteiger partial charge in [0, 0.05) is 7.11 Å². The van der Waals surface area contributed by atoms with Gasteiger partial charge in [-0.15, -0.1) is 0 Å². The lowest BCUT2D eigenvalue weighted by Gasteiger charge is -2.51. The molecule has 22 heavy (non-hydrogen) atoms. The van der Waals surface area contributed by atoms with Crippen molar-refractivity contribution in [2.45, 2.75) is 57.2 Å². The van der Waals surface area contributed by atoms with Crippen LogP contribution in [0.2, 0.25) is 0 Å². The summed E-state index contributed by atoms with van der Waals surface area (Å²) >= 11 is 0. The van der Waals surface area contributed by atoms with E-state index >= 15 is 0 Å². The van der Waals surface area contributed by atoms with Crippen LogP contribution in [-0.4, -0.2) is 29.5 Å². The summed E-state index contributed by atoms with van der Waals surface area (Å²) in [5.41, 5.74) is 2.92. The highest BCUT2D eigenvalue weighted by Crippen LogP contribution is 2.61. The Labute approximate surface area is 132 Å². The molecule has 0 aliphatic heterocycles. The molecule has 2 fully saturated rings. The first kappa shape index (κ1) is 14.5. The quantitative estimate of drug-likeness (QED) is 0.837. The summed E-state index contributed by atoms with van der Waals surface area (Å²) in [6.45, 7) is 2.36. The van der Waals surface area contributed by atoms with Crippen LogP contribution in [0, 0.1) is 17.3 Å². The molecule has 0 amide bonds. The van der Waals surface area contributed by atoms with Crippen LogP contribution >= 0.6 is 0 Å². The second-order valence-electron chi connectivity index (χ2n) is 7.94. The van der Waals surface area contributed by atoms with Crippen LogP contribution in [-0.2, 0) is 11.2 Å². The van der Waals surface area contributed by atoms with Crippen molar-refractivity contribution in [3.63, 3.8) is 0 Å². The van der Waals surface area contributed by atoms with Crippen LogP contribution in [0.1, 0.15) is 49.7 Å². The average Bonchev–Trinajstić information content (AvgIpc) is 2.79. The summed E-state index contributed by atoms with van der Waals surface area (Å²) in [4.78, 5) is 0. The van der Waals surface area contributed by atoms with Crippen molar-refractivity contribution < 1.29 is 14.9 Å². The van der Waals surface area contributed by atoms with Crippen LogP contribution < -0.4 is 0 Å². The maximum absolute atomic E-state index is 10.2. The van der Waals surface area contributed by atoms with Crippen molar-refractivity contribution in [2.24, 2.45) is 17.3 Å². The van der Waals surface area contributed by atoms with E-state index in [4.69, 9.17) is 4.74 Å². The summed E-state index contributed by atoms with van der Waals surface area (Å²) in [6.07, 6.45) is 5.16. The molecule has 0 bridgehead atoms. The highest BCUT2D eigenvalue weighted by molar-refractivity contribution is 5.41. The van der Waals surface area contributed by atoms with Crippen molar-refractivity contribution in [1.29, 1.82) is 0 Å². The summed E-state index contributed by atoms with van der Waals surface area (Å²) in [5, 5.41) is 20.0. The highest BCUT2D eigenvalue weighted by atomic mass is 16.5. The number of aromatic hydroxyl groups is 1. The second-order valence-corrected chi connectivity index (χ2v) is 7.94. The summed E-state index contributed by atoms with van der Waals surface area (Å²) in [5.74, 6) is 1.91. The van der Waals surface area contributed by atoms with Gasteiger partial charge in [-0.05, 0) is 78.5 Å². The van der Waals surface area contributed by atoms with Gasteiger partial charge < -0.3 is 14.9 Å². The lowest BCUT2D eigenvalue weighted by atomic mass is 9.55. The maximum Gasteiger partial charge on any atom is 0.115 e. The molecule has 0 saturated heterocycles. The zero-order chi connectivity index (χ0) is 15.5. The lowest BCUT2D eigenvalue weighted by Crippen LogP contribution is -2.47. The van der Waals surface area contributed by atoms with Gasteiger partial charge in [0.1, 0.15) is 5.75 Å². The fourth-order valence-electron chi connectivity index (χ4n) is 5.82. The van der Waals surface area contributed by atoms with Gasteiger partial charge in [0.15, 0.2) is 0 Å². The third kappa shape index (κ3) is 2.02. The van der Waals surface area contributed by atoms with E-state index in [1.807, 2.05) is 19.2 Å². The molecule has 3 aliphatic carbocycles. The smallest absolute Gasteiger partial charge is 0.115 e. The first-order valence-electron chi connectivity index (χ1n) is 8.54. The minimum atomic E-state index is -0.146. The van der Waals surface area contributed by atoms with Crippen molar-refractivity contribution in [1.82, 2.24) is 0 Å². The number of phenols is 1. The van der Waals surface area contributed by atoms with Gasteiger partial charge in [-0.25, -0.2) is 0 Å². The van der Waals surface area contributed by atoms with Gasteiger partial charge in [-0.3, -0.25) is 0 Å². The van der Waals surface area contributed by atoms with Crippen LogP contribution in [0.15, 0.2) is 18.2 Å². The third-order valence-corrected chi connectivity index (χ3v) is 6.76. The van der Waals surface area contributed by atoms with Crippen LogP contribution in [0.4, 0.5) is 0 Å². The first-order chi connectivity index (χ1) is 10.5. The Bertz CT molecular complexity index is 584.